The Kier molecular flexibility index (Phi) is 4.43. The van der Waals surface area contributed by atoms with E-state index in [0.29, 0.717) is 6.04 Å². The van der Waals surface area contributed by atoms with Gasteiger partial charge in [-0.2, -0.15) is 0 Å². The molecule has 1 aromatic carbocycles. The Morgan fingerprint density at radius 1 is 1.06 bits per heavy atom. The van der Waals surface area contributed by atoms with E-state index >= 15 is 0 Å². The van der Waals surface area contributed by atoms with Gasteiger partial charge in [0.1, 0.15) is 0 Å². The van der Waals surface area contributed by atoms with Gasteiger partial charge >= 0.3 is 0 Å². The van der Waals surface area contributed by atoms with Crippen LogP contribution in [0.25, 0.3) is 10.4 Å². The lowest BCUT2D eigenvalue weighted by Gasteiger charge is -2.19. The van der Waals surface area contributed by atoms with Crippen LogP contribution in [-0.2, 0) is 0 Å². The summed E-state index contributed by atoms with van der Waals surface area (Å²) >= 11 is 1.79. The van der Waals surface area contributed by atoms with E-state index in [9.17, 15) is 0 Å². The number of para-hydroxylation sites is 1. The molecule has 0 bridgehead atoms. The van der Waals surface area contributed by atoms with Gasteiger partial charge in [-0.1, -0.05) is 38.1 Å². The van der Waals surface area contributed by atoms with Crippen LogP contribution in [-0.4, -0.2) is 6.04 Å². The first-order valence-electron chi connectivity index (χ1n) is 6.56. The number of rotatable bonds is 5. The maximum Gasteiger partial charge on any atom is 0.0430 e. The lowest BCUT2D eigenvalue weighted by Crippen LogP contribution is -2.17. The molecule has 0 radical (unpaired) electrons. The number of hydrogen-bond donors (Lipinski definition) is 1. The van der Waals surface area contributed by atoms with E-state index in [1.54, 1.807) is 11.3 Å². The van der Waals surface area contributed by atoms with Crippen molar-refractivity contribution in [3.8, 4) is 10.4 Å². The zero-order chi connectivity index (χ0) is 13.0. The summed E-state index contributed by atoms with van der Waals surface area (Å²) in [7, 11) is 0. The summed E-state index contributed by atoms with van der Waals surface area (Å²) in [4.78, 5) is 1.33. The summed E-state index contributed by atoms with van der Waals surface area (Å²) in [5.41, 5.74) is 2.55. The molecule has 2 aromatic rings. The molecule has 1 nitrogen and oxygen atoms in total. The Labute approximate surface area is 114 Å². The standard InChI is InChI=1S/C16H21NS/c1-12(2)11-13(3)17-15-8-5-4-7-14(15)16-9-6-10-18-16/h4-10,12-13,17H,11H2,1-3H3. The molecule has 0 fully saturated rings. The number of nitrogens with one attached hydrogen (secondary N) is 1. The van der Waals surface area contributed by atoms with Crippen LogP contribution in [0.15, 0.2) is 41.8 Å². The molecule has 0 aliphatic heterocycles. The number of thiophene rings is 1. The summed E-state index contributed by atoms with van der Waals surface area (Å²) in [5.74, 6) is 0.724. The average molecular weight is 259 g/mol. The molecular formula is C16H21NS. The maximum absolute atomic E-state index is 3.64. The van der Waals surface area contributed by atoms with E-state index in [0.717, 1.165) is 5.92 Å². The normalized spacial score (nSPS) is 12.7. The molecule has 0 spiro atoms. The summed E-state index contributed by atoms with van der Waals surface area (Å²) in [5, 5.41) is 5.77. The fourth-order valence-corrected chi connectivity index (χ4v) is 3.05. The monoisotopic (exact) mass is 259 g/mol. The average Bonchev–Trinajstić information content (AvgIpc) is 2.81. The van der Waals surface area contributed by atoms with Gasteiger partial charge in [-0.05, 0) is 36.8 Å². The highest BCUT2D eigenvalue weighted by Gasteiger charge is 2.09. The van der Waals surface area contributed by atoms with Crippen molar-refractivity contribution in [3.05, 3.63) is 41.8 Å². The van der Waals surface area contributed by atoms with Crippen LogP contribution < -0.4 is 5.32 Å². The minimum absolute atomic E-state index is 0.506. The second kappa shape index (κ2) is 6.05. The predicted octanol–water partition coefficient (Wildman–Crippen LogP) is 5.26. The Bertz CT molecular complexity index is 474. The van der Waals surface area contributed by atoms with Crippen molar-refractivity contribution in [1.29, 1.82) is 0 Å². The van der Waals surface area contributed by atoms with Gasteiger partial charge in [0.25, 0.3) is 0 Å². The first kappa shape index (κ1) is 13.2. The Morgan fingerprint density at radius 3 is 2.50 bits per heavy atom. The predicted molar refractivity (Wildman–Crippen MR) is 82.3 cm³/mol. The van der Waals surface area contributed by atoms with Crippen molar-refractivity contribution in [2.45, 2.75) is 33.2 Å². The van der Waals surface area contributed by atoms with Crippen molar-refractivity contribution in [2.24, 2.45) is 5.92 Å². The molecule has 1 atom stereocenters. The largest absolute Gasteiger partial charge is 0.382 e. The zero-order valence-corrected chi connectivity index (χ0v) is 12.1. The second-order valence-corrected chi connectivity index (χ2v) is 6.15. The SMILES string of the molecule is CC(C)CC(C)Nc1ccccc1-c1cccs1. The van der Waals surface area contributed by atoms with Gasteiger partial charge in [-0.15, -0.1) is 11.3 Å². The van der Waals surface area contributed by atoms with Crippen LogP contribution in [0, 0.1) is 5.92 Å². The molecule has 1 N–H and O–H groups in total. The quantitative estimate of drug-likeness (QED) is 0.772. The van der Waals surface area contributed by atoms with Gasteiger partial charge in [-0.3, -0.25) is 0 Å². The fraction of sp³-hybridized carbons (Fsp3) is 0.375. The third-order valence-electron chi connectivity index (χ3n) is 2.94. The van der Waals surface area contributed by atoms with Gasteiger partial charge in [-0.25, -0.2) is 0 Å². The fourth-order valence-electron chi connectivity index (χ4n) is 2.29. The number of anilines is 1. The minimum Gasteiger partial charge on any atom is -0.382 e. The van der Waals surface area contributed by atoms with Gasteiger partial charge < -0.3 is 5.32 Å². The summed E-state index contributed by atoms with van der Waals surface area (Å²) in [6.45, 7) is 6.79. The molecule has 0 saturated carbocycles. The molecule has 1 unspecified atom stereocenters. The maximum atomic E-state index is 3.64. The molecule has 1 aromatic heterocycles. The molecular weight excluding hydrogens is 238 g/mol. The molecule has 0 aliphatic rings. The van der Waals surface area contributed by atoms with E-state index < -0.39 is 0 Å². The van der Waals surface area contributed by atoms with Crippen molar-refractivity contribution in [1.82, 2.24) is 0 Å². The Balaban J connectivity index is 2.18. The van der Waals surface area contributed by atoms with Gasteiger partial charge in [0.2, 0.25) is 0 Å². The third kappa shape index (κ3) is 3.36. The molecule has 2 rings (SSSR count). The molecule has 0 aliphatic carbocycles. The van der Waals surface area contributed by atoms with E-state index in [-0.39, 0.29) is 0 Å². The highest BCUT2D eigenvalue weighted by atomic mass is 32.1. The lowest BCUT2D eigenvalue weighted by molar-refractivity contribution is 0.540. The Morgan fingerprint density at radius 2 is 1.83 bits per heavy atom. The summed E-state index contributed by atoms with van der Waals surface area (Å²) in [6.07, 6.45) is 1.19. The number of hydrogen-bond acceptors (Lipinski definition) is 2. The molecule has 1 heterocycles. The Hall–Kier alpha value is -1.28. The molecule has 96 valence electrons. The molecule has 2 heteroatoms. The van der Waals surface area contributed by atoms with Crippen LogP contribution in [0.5, 0.6) is 0 Å². The smallest absolute Gasteiger partial charge is 0.0430 e. The van der Waals surface area contributed by atoms with Crippen LogP contribution in [0.1, 0.15) is 27.2 Å². The highest BCUT2D eigenvalue weighted by molar-refractivity contribution is 7.13. The van der Waals surface area contributed by atoms with Gasteiger partial charge in [0.05, 0.1) is 0 Å². The summed E-state index contributed by atoms with van der Waals surface area (Å²) < 4.78 is 0. The van der Waals surface area contributed by atoms with Crippen LogP contribution >= 0.6 is 11.3 Å². The zero-order valence-electron chi connectivity index (χ0n) is 11.3. The molecule has 0 saturated heterocycles. The first-order chi connectivity index (χ1) is 8.66. The van der Waals surface area contributed by atoms with E-state index in [1.165, 1.54) is 22.5 Å². The minimum atomic E-state index is 0.506. The van der Waals surface area contributed by atoms with Crippen LogP contribution in [0.2, 0.25) is 0 Å². The molecule has 0 amide bonds. The van der Waals surface area contributed by atoms with Crippen LogP contribution in [0.4, 0.5) is 5.69 Å². The highest BCUT2D eigenvalue weighted by Crippen LogP contribution is 2.31. The first-order valence-corrected chi connectivity index (χ1v) is 7.44. The van der Waals surface area contributed by atoms with E-state index in [2.05, 4.69) is 67.9 Å². The van der Waals surface area contributed by atoms with E-state index in [1.807, 2.05) is 0 Å². The lowest BCUT2D eigenvalue weighted by atomic mass is 10.0. The van der Waals surface area contributed by atoms with Crippen LogP contribution in [0.3, 0.4) is 0 Å². The topological polar surface area (TPSA) is 12.0 Å². The van der Waals surface area contributed by atoms with Gasteiger partial charge in [0, 0.05) is 22.2 Å². The van der Waals surface area contributed by atoms with Crippen molar-refractivity contribution >= 4 is 17.0 Å². The number of benzene rings is 1. The van der Waals surface area contributed by atoms with E-state index in [4.69, 9.17) is 0 Å². The third-order valence-corrected chi connectivity index (χ3v) is 3.84. The van der Waals surface area contributed by atoms with Crippen molar-refractivity contribution < 1.29 is 0 Å². The summed E-state index contributed by atoms with van der Waals surface area (Å²) in [6, 6.07) is 13.4. The second-order valence-electron chi connectivity index (χ2n) is 5.20. The van der Waals surface area contributed by atoms with Gasteiger partial charge in [0.15, 0.2) is 0 Å². The van der Waals surface area contributed by atoms with Crippen molar-refractivity contribution in [2.75, 3.05) is 5.32 Å². The molecule has 18 heavy (non-hydrogen) atoms. The van der Waals surface area contributed by atoms with Crippen molar-refractivity contribution in [3.63, 3.8) is 0 Å².